The van der Waals surface area contributed by atoms with Crippen LogP contribution < -0.4 is 0 Å². The Labute approximate surface area is 123 Å². The smallest absolute Gasteiger partial charge is 0.152 e. The van der Waals surface area contributed by atoms with Crippen LogP contribution in [0.25, 0.3) is 12.2 Å². The van der Waals surface area contributed by atoms with Crippen LogP contribution in [0.15, 0.2) is 36.4 Å². The van der Waals surface area contributed by atoms with Crippen LogP contribution in [-0.4, -0.2) is 21.5 Å². The number of carbonyl (C=O) groups excluding carboxylic acids is 2. The molecule has 21 heavy (non-hydrogen) atoms. The lowest BCUT2D eigenvalue weighted by molar-refractivity contribution is -0.113. The minimum atomic E-state index is 0.0254. The van der Waals surface area contributed by atoms with Gasteiger partial charge >= 0.3 is 0 Å². The van der Waals surface area contributed by atoms with E-state index in [0.29, 0.717) is 0 Å². The average molecular weight is 282 g/mol. The van der Waals surface area contributed by atoms with Crippen molar-refractivity contribution in [2.45, 2.75) is 20.3 Å². The lowest BCUT2D eigenvalue weighted by atomic mass is 10.2. The highest BCUT2D eigenvalue weighted by atomic mass is 16.1. The molecule has 0 atom stereocenters. The second-order valence-electron chi connectivity index (χ2n) is 4.94. The Morgan fingerprint density at radius 1 is 0.857 bits per heavy atom. The van der Waals surface area contributed by atoms with Crippen molar-refractivity contribution in [2.75, 3.05) is 0 Å². The highest BCUT2D eigenvalue weighted by Crippen LogP contribution is 2.11. The van der Waals surface area contributed by atoms with Crippen molar-refractivity contribution in [3.63, 3.8) is 0 Å². The zero-order valence-corrected chi connectivity index (χ0v) is 12.1. The number of carbonyl (C=O) groups is 2. The standard InChI is InChI=1S/C17H18N2O2/c1-12(20)3-5-14-7-9-16(18-14)11-17-10-8-15(19-17)6-4-13(2)21/h3-10,18-19H,11H2,1-2H3/b5-3+,6-4+. The third-order valence-corrected chi connectivity index (χ3v) is 2.91. The lowest BCUT2D eigenvalue weighted by Gasteiger charge is -1.95. The topological polar surface area (TPSA) is 65.7 Å². The number of rotatable bonds is 6. The summed E-state index contributed by atoms with van der Waals surface area (Å²) in [6, 6.07) is 7.86. The predicted molar refractivity (Wildman–Crippen MR) is 83.8 cm³/mol. The first-order valence-corrected chi connectivity index (χ1v) is 6.76. The number of hydrogen-bond donors (Lipinski definition) is 2. The Hall–Kier alpha value is -2.62. The lowest BCUT2D eigenvalue weighted by Crippen LogP contribution is -1.89. The summed E-state index contributed by atoms with van der Waals surface area (Å²) in [5, 5.41) is 0. The van der Waals surface area contributed by atoms with Gasteiger partial charge in [-0.15, -0.1) is 0 Å². The van der Waals surface area contributed by atoms with Gasteiger partial charge in [0.1, 0.15) is 0 Å². The molecule has 4 nitrogen and oxygen atoms in total. The number of aromatic nitrogens is 2. The fourth-order valence-electron chi connectivity index (χ4n) is 1.94. The van der Waals surface area contributed by atoms with Crippen LogP contribution in [0.4, 0.5) is 0 Å². The van der Waals surface area contributed by atoms with Crippen LogP contribution in [-0.2, 0) is 16.0 Å². The van der Waals surface area contributed by atoms with E-state index in [1.165, 1.54) is 26.0 Å². The second kappa shape index (κ2) is 6.70. The fourth-order valence-corrected chi connectivity index (χ4v) is 1.94. The van der Waals surface area contributed by atoms with Crippen LogP contribution >= 0.6 is 0 Å². The zero-order valence-electron chi connectivity index (χ0n) is 12.1. The van der Waals surface area contributed by atoms with Gasteiger partial charge in [0, 0.05) is 29.2 Å². The van der Waals surface area contributed by atoms with Crippen molar-refractivity contribution < 1.29 is 9.59 Å². The van der Waals surface area contributed by atoms with E-state index < -0.39 is 0 Å². The van der Waals surface area contributed by atoms with E-state index in [9.17, 15) is 9.59 Å². The summed E-state index contributed by atoms with van der Waals surface area (Å²) in [5.41, 5.74) is 3.93. The first kappa shape index (κ1) is 14.8. The Morgan fingerprint density at radius 2 is 1.29 bits per heavy atom. The molecule has 108 valence electrons. The Bertz CT molecular complexity index is 642. The van der Waals surface area contributed by atoms with Crippen LogP contribution in [0.5, 0.6) is 0 Å². The molecular weight excluding hydrogens is 264 g/mol. The van der Waals surface area contributed by atoms with Gasteiger partial charge in [-0.25, -0.2) is 0 Å². The van der Waals surface area contributed by atoms with Crippen molar-refractivity contribution in [1.82, 2.24) is 9.97 Å². The Balaban J connectivity index is 2.02. The predicted octanol–water partition coefficient (Wildman–Crippen LogP) is 3.14. The van der Waals surface area contributed by atoms with E-state index in [2.05, 4.69) is 9.97 Å². The number of allylic oxidation sites excluding steroid dienone is 2. The summed E-state index contributed by atoms with van der Waals surface area (Å²) in [6.07, 6.45) is 7.34. The molecule has 0 unspecified atom stereocenters. The highest BCUT2D eigenvalue weighted by molar-refractivity contribution is 5.91. The summed E-state index contributed by atoms with van der Waals surface area (Å²) < 4.78 is 0. The van der Waals surface area contributed by atoms with E-state index in [-0.39, 0.29) is 11.6 Å². The van der Waals surface area contributed by atoms with Gasteiger partial charge in [-0.3, -0.25) is 9.59 Å². The number of H-pyrrole nitrogens is 2. The largest absolute Gasteiger partial charge is 0.359 e. The molecule has 0 bridgehead atoms. The number of aromatic amines is 2. The maximum atomic E-state index is 10.9. The van der Waals surface area contributed by atoms with Crippen molar-refractivity contribution in [3.05, 3.63) is 59.2 Å². The van der Waals surface area contributed by atoms with Crippen LogP contribution in [0.3, 0.4) is 0 Å². The maximum Gasteiger partial charge on any atom is 0.152 e. The quantitative estimate of drug-likeness (QED) is 0.799. The average Bonchev–Trinajstić information content (AvgIpc) is 3.04. The molecule has 0 spiro atoms. The molecule has 0 saturated heterocycles. The SMILES string of the molecule is CC(=O)/C=C/c1ccc(Cc2ccc(/C=C/C(C)=O)[nH]2)[nH]1. The number of hydrogen-bond acceptors (Lipinski definition) is 2. The van der Waals surface area contributed by atoms with E-state index in [4.69, 9.17) is 0 Å². The third-order valence-electron chi connectivity index (χ3n) is 2.91. The molecule has 2 N–H and O–H groups in total. The van der Waals surface area contributed by atoms with Gasteiger partial charge in [-0.2, -0.15) is 0 Å². The first-order chi connectivity index (χ1) is 10.0. The maximum absolute atomic E-state index is 10.9. The van der Waals surface area contributed by atoms with Crippen molar-refractivity contribution in [1.29, 1.82) is 0 Å². The highest BCUT2D eigenvalue weighted by Gasteiger charge is 2.01. The third kappa shape index (κ3) is 4.76. The van der Waals surface area contributed by atoms with Gasteiger partial charge in [0.25, 0.3) is 0 Å². The second-order valence-corrected chi connectivity index (χ2v) is 4.94. The van der Waals surface area contributed by atoms with Gasteiger partial charge in [0.05, 0.1) is 0 Å². The van der Waals surface area contributed by atoms with E-state index in [1.54, 1.807) is 12.2 Å². The summed E-state index contributed by atoms with van der Waals surface area (Å²) in [6.45, 7) is 3.05. The van der Waals surface area contributed by atoms with E-state index in [0.717, 1.165) is 29.2 Å². The van der Waals surface area contributed by atoms with Crippen LogP contribution in [0.1, 0.15) is 36.6 Å². The molecule has 2 rings (SSSR count). The summed E-state index contributed by atoms with van der Waals surface area (Å²) in [4.78, 5) is 28.3. The minimum Gasteiger partial charge on any atom is -0.359 e. The fraction of sp³-hybridized carbons (Fsp3) is 0.176. The van der Waals surface area contributed by atoms with Crippen molar-refractivity contribution >= 4 is 23.7 Å². The molecule has 0 radical (unpaired) electrons. The molecule has 2 aromatic heterocycles. The molecule has 2 aromatic rings. The zero-order chi connectivity index (χ0) is 15.2. The molecule has 2 heterocycles. The van der Waals surface area contributed by atoms with Gasteiger partial charge in [0.15, 0.2) is 11.6 Å². The Morgan fingerprint density at radius 3 is 1.67 bits per heavy atom. The normalized spacial score (nSPS) is 11.5. The van der Waals surface area contributed by atoms with Gasteiger partial charge < -0.3 is 9.97 Å². The molecule has 0 saturated carbocycles. The van der Waals surface area contributed by atoms with Gasteiger partial charge in [0.2, 0.25) is 0 Å². The van der Waals surface area contributed by atoms with E-state index >= 15 is 0 Å². The number of ketones is 2. The van der Waals surface area contributed by atoms with Crippen LogP contribution in [0, 0.1) is 0 Å². The Kier molecular flexibility index (Phi) is 4.72. The van der Waals surface area contributed by atoms with Crippen molar-refractivity contribution in [3.8, 4) is 0 Å². The molecule has 0 amide bonds. The van der Waals surface area contributed by atoms with E-state index in [1.807, 2.05) is 24.3 Å². The summed E-state index contributed by atoms with van der Waals surface area (Å²) >= 11 is 0. The minimum absolute atomic E-state index is 0.0254. The molecule has 0 fully saturated rings. The summed E-state index contributed by atoms with van der Waals surface area (Å²) in [5.74, 6) is 0.0508. The molecule has 0 aliphatic rings. The molecule has 0 aliphatic carbocycles. The summed E-state index contributed by atoms with van der Waals surface area (Å²) in [7, 11) is 0. The van der Waals surface area contributed by atoms with Crippen LogP contribution in [0.2, 0.25) is 0 Å². The van der Waals surface area contributed by atoms with Gasteiger partial charge in [-0.05, 0) is 62.4 Å². The van der Waals surface area contributed by atoms with Crippen molar-refractivity contribution in [2.24, 2.45) is 0 Å². The number of nitrogens with one attached hydrogen (secondary N) is 2. The molecular formula is C17H18N2O2. The first-order valence-electron chi connectivity index (χ1n) is 6.76. The monoisotopic (exact) mass is 282 g/mol. The van der Waals surface area contributed by atoms with Gasteiger partial charge in [-0.1, -0.05) is 0 Å². The molecule has 0 aliphatic heterocycles. The molecule has 4 heteroatoms. The molecule has 0 aromatic carbocycles.